The van der Waals surface area contributed by atoms with Gasteiger partial charge in [-0.1, -0.05) is 36.4 Å². The number of hydrogen-bond acceptors (Lipinski definition) is 7. The molecule has 0 aliphatic heterocycles. The van der Waals surface area contributed by atoms with Crippen molar-refractivity contribution in [1.82, 2.24) is 9.97 Å². The van der Waals surface area contributed by atoms with Gasteiger partial charge in [-0.05, 0) is 58.4 Å². The number of anilines is 2. The molecule has 0 saturated heterocycles. The molecule has 0 radical (unpaired) electrons. The van der Waals surface area contributed by atoms with Crippen LogP contribution in [0.1, 0.15) is 42.4 Å². The first kappa shape index (κ1) is 24.6. The Kier molecular flexibility index (Phi) is 7.79. The Morgan fingerprint density at radius 3 is 2.29 bits per heavy atom. The van der Waals surface area contributed by atoms with E-state index in [-0.39, 0.29) is 0 Å². The monoisotopic (exact) mass is 459 g/mol. The molecule has 0 aliphatic rings. The number of hydrogen-bond donors (Lipinski definition) is 1. The van der Waals surface area contributed by atoms with Gasteiger partial charge >= 0.3 is 11.9 Å². The molecule has 0 bridgehead atoms. The molecule has 2 aromatic carbocycles. The largest absolute Gasteiger partial charge is 0.427 e. The molecule has 1 aromatic heterocycles. The molecule has 1 N–H and O–H groups in total. The van der Waals surface area contributed by atoms with Crippen LogP contribution < -0.4 is 5.32 Å². The third-order valence-corrected chi connectivity index (χ3v) is 4.97. The van der Waals surface area contributed by atoms with Gasteiger partial charge in [0, 0.05) is 22.5 Å². The summed E-state index contributed by atoms with van der Waals surface area (Å²) in [7, 11) is 0. The smallest absolute Gasteiger partial charge is 0.341 e. The minimum Gasteiger partial charge on any atom is -0.427 e. The van der Waals surface area contributed by atoms with E-state index in [9.17, 15) is 9.59 Å². The van der Waals surface area contributed by atoms with E-state index in [1.807, 2.05) is 43.3 Å². The number of rotatable bonds is 8. The summed E-state index contributed by atoms with van der Waals surface area (Å²) in [4.78, 5) is 33.4. The molecule has 176 valence electrons. The summed E-state index contributed by atoms with van der Waals surface area (Å²) in [6, 6.07) is 16.6. The molecule has 7 heteroatoms. The molecule has 0 amide bonds. The molecule has 1 heterocycles. The second-order valence-corrected chi connectivity index (χ2v) is 8.75. The fraction of sp³-hybridized carbons (Fsp3) is 0.259. The number of ether oxygens (including phenoxy) is 2. The van der Waals surface area contributed by atoms with Gasteiger partial charge < -0.3 is 14.8 Å². The topological polar surface area (TPSA) is 90.4 Å². The number of carbonyl (C=O) groups is 2. The van der Waals surface area contributed by atoms with Crippen LogP contribution in [0.25, 0.3) is 11.4 Å². The molecule has 3 aromatic rings. The van der Waals surface area contributed by atoms with Crippen molar-refractivity contribution in [3.63, 3.8) is 0 Å². The Labute approximate surface area is 199 Å². The van der Waals surface area contributed by atoms with E-state index in [1.165, 1.54) is 0 Å². The normalized spacial score (nSPS) is 10.9. The van der Waals surface area contributed by atoms with Crippen LogP contribution in [0.5, 0.6) is 0 Å². The van der Waals surface area contributed by atoms with Crippen molar-refractivity contribution >= 4 is 23.4 Å². The maximum Gasteiger partial charge on any atom is 0.341 e. The van der Waals surface area contributed by atoms with Crippen LogP contribution in [0.15, 0.2) is 67.3 Å². The van der Waals surface area contributed by atoms with Crippen molar-refractivity contribution in [3.8, 4) is 11.4 Å². The Hall–Kier alpha value is -4.00. The fourth-order valence-electron chi connectivity index (χ4n) is 3.07. The van der Waals surface area contributed by atoms with Crippen LogP contribution in [-0.4, -0.2) is 28.7 Å². The Balaban J connectivity index is 1.74. The SMILES string of the molecule is C=CCc1c(C)nc(-c2ccccc2)nc1Nc1ccc(C(=O)OCOC(=O)C(C)(C)C)cc1. The van der Waals surface area contributed by atoms with Crippen LogP contribution in [0.4, 0.5) is 11.5 Å². The zero-order valence-electron chi connectivity index (χ0n) is 19.9. The highest BCUT2D eigenvalue weighted by atomic mass is 16.7. The quantitative estimate of drug-likeness (QED) is 0.265. The van der Waals surface area contributed by atoms with E-state index < -0.39 is 24.1 Å². The molecular formula is C27H29N3O4. The second kappa shape index (κ2) is 10.7. The summed E-state index contributed by atoms with van der Waals surface area (Å²) in [5.41, 5.74) is 3.15. The van der Waals surface area contributed by atoms with E-state index in [1.54, 1.807) is 45.0 Å². The Morgan fingerprint density at radius 2 is 1.68 bits per heavy atom. The van der Waals surface area contributed by atoms with E-state index in [0.717, 1.165) is 22.5 Å². The van der Waals surface area contributed by atoms with Crippen molar-refractivity contribution in [2.45, 2.75) is 34.1 Å². The molecule has 0 atom stereocenters. The van der Waals surface area contributed by atoms with Gasteiger partial charge in [-0.15, -0.1) is 6.58 Å². The first-order valence-electron chi connectivity index (χ1n) is 10.9. The summed E-state index contributed by atoms with van der Waals surface area (Å²) >= 11 is 0. The average Bonchev–Trinajstić information content (AvgIpc) is 2.81. The van der Waals surface area contributed by atoms with Crippen molar-refractivity contribution in [2.75, 3.05) is 12.1 Å². The third-order valence-electron chi connectivity index (χ3n) is 4.97. The second-order valence-electron chi connectivity index (χ2n) is 8.75. The maximum absolute atomic E-state index is 12.3. The molecule has 0 aliphatic carbocycles. The van der Waals surface area contributed by atoms with Crippen LogP contribution in [-0.2, 0) is 20.7 Å². The number of aromatic nitrogens is 2. The zero-order chi connectivity index (χ0) is 24.7. The standard InChI is InChI=1S/C27H29N3O4/c1-6-10-22-18(2)28-23(19-11-8-7-9-12-19)30-24(22)29-21-15-13-20(14-16-21)25(31)33-17-34-26(32)27(3,4)5/h6-9,11-16H,1,10,17H2,2-5H3,(H,28,29,30). The van der Waals surface area contributed by atoms with E-state index in [0.29, 0.717) is 23.6 Å². The molecule has 0 fully saturated rings. The number of benzene rings is 2. The molecular weight excluding hydrogens is 430 g/mol. The minimum absolute atomic E-state index is 0.340. The van der Waals surface area contributed by atoms with Crippen molar-refractivity contribution in [1.29, 1.82) is 0 Å². The third kappa shape index (κ3) is 6.28. The zero-order valence-corrected chi connectivity index (χ0v) is 19.9. The Bertz CT molecular complexity index is 1170. The van der Waals surface area contributed by atoms with Gasteiger partial charge in [0.1, 0.15) is 5.82 Å². The first-order valence-corrected chi connectivity index (χ1v) is 10.9. The lowest BCUT2D eigenvalue weighted by molar-refractivity contribution is -0.161. The lowest BCUT2D eigenvalue weighted by atomic mass is 9.98. The van der Waals surface area contributed by atoms with Gasteiger partial charge in [0.15, 0.2) is 5.82 Å². The van der Waals surface area contributed by atoms with Crippen molar-refractivity contribution < 1.29 is 19.1 Å². The van der Waals surface area contributed by atoms with Gasteiger partial charge in [-0.2, -0.15) is 0 Å². The molecule has 0 unspecified atom stereocenters. The summed E-state index contributed by atoms with van der Waals surface area (Å²) < 4.78 is 10.0. The van der Waals surface area contributed by atoms with Crippen molar-refractivity contribution in [3.05, 3.63) is 84.1 Å². The van der Waals surface area contributed by atoms with E-state index >= 15 is 0 Å². The predicted octanol–water partition coefficient (Wildman–Crippen LogP) is 5.63. The van der Waals surface area contributed by atoms with Gasteiger partial charge in [-0.25, -0.2) is 14.8 Å². The highest BCUT2D eigenvalue weighted by Crippen LogP contribution is 2.26. The van der Waals surface area contributed by atoms with E-state index in [2.05, 4.69) is 16.9 Å². The lowest BCUT2D eigenvalue weighted by Crippen LogP contribution is -2.24. The summed E-state index contributed by atoms with van der Waals surface area (Å²) in [5.74, 6) is 0.282. The summed E-state index contributed by atoms with van der Waals surface area (Å²) in [6.07, 6.45) is 2.42. The first-order chi connectivity index (χ1) is 16.2. The number of carbonyl (C=O) groups excluding carboxylic acids is 2. The molecule has 0 spiro atoms. The average molecular weight is 460 g/mol. The minimum atomic E-state index is -0.663. The highest BCUT2D eigenvalue weighted by Gasteiger charge is 2.23. The van der Waals surface area contributed by atoms with Gasteiger partial charge in [0.25, 0.3) is 0 Å². The number of esters is 2. The van der Waals surface area contributed by atoms with E-state index in [4.69, 9.17) is 14.5 Å². The lowest BCUT2D eigenvalue weighted by Gasteiger charge is -2.16. The highest BCUT2D eigenvalue weighted by molar-refractivity contribution is 5.90. The number of allylic oxidation sites excluding steroid dienone is 1. The van der Waals surface area contributed by atoms with Gasteiger partial charge in [0.2, 0.25) is 6.79 Å². The number of aryl methyl sites for hydroxylation is 1. The number of nitrogens with zero attached hydrogens (tertiary/aromatic N) is 2. The Morgan fingerprint density at radius 1 is 1.00 bits per heavy atom. The fourth-order valence-corrected chi connectivity index (χ4v) is 3.07. The van der Waals surface area contributed by atoms with Crippen LogP contribution in [0.2, 0.25) is 0 Å². The predicted molar refractivity (Wildman–Crippen MR) is 132 cm³/mol. The van der Waals surface area contributed by atoms with Crippen molar-refractivity contribution in [2.24, 2.45) is 5.41 Å². The van der Waals surface area contributed by atoms with Crippen LogP contribution in [0.3, 0.4) is 0 Å². The molecule has 7 nitrogen and oxygen atoms in total. The summed E-state index contributed by atoms with van der Waals surface area (Å²) in [5, 5.41) is 3.33. The number of nitrogens with one attached hydrogen (secondary N) is 1. The molecule has 0 saturated carbocycles. The van der Waals surface area contributed by atoms with Crippen LogP contribution in [0, 0.1) is 12.3 Å². The van der Waals surface area contributed by atoms with Gasteiger partial charge in [0.05, 0.1) is 11.0 Å². The molecule has 3 rings (SSSR count). The van der Waals surface area contributed by atoms with Gasteiger partial charge in [-0.3, -0.25) is 4.79 Å². The molecule has 34 heavy (non-hydrogen) atoms. The summed E-state index contributed by atoms with van der Waals surface area (Å²) in [6.45, 7) is 10.5. The van der Waals surface area contributed by atoms with Crippen LogP contribution >= 0.6 is 0 Å². The maximum atomic E-state index is 12.3.